The predicted molar refractivity (Wildman–Crippen MR) is 92.6 cm³/mol. The van der Waals surface area contributed by atoms with Crippen LogP contribution in [0.4, 0.5) is 4.79 Å². The van der Waals surface area contributed by atoms with Crippen LogP contribution in [0.1, 0.15) is 24.1 Å². The van der Waals surface area contributed by atoms with Crippen LogP contribution >= 0.6 is 0 Å². The topological polar surface area (TPSA) is 67.9 Å². The molecule has 2 aromatic carbocycles. The van der Waals surface area contributed by atoms with Crippen molar-refractivity contribution in [2.45, 2.75) is 13.0 Å². The second kappa shape index (κ2) is 7.25. The third-order valence-corrected chi connectivity index (χ3v) is 4.04. The summed E-state index contributed by atoms with van der Waals surface area (Å²) in [5.41, 5.74) is 1.86. The van der Waals surface area contributed by atoms with Crippen LogP contribution in [-0.2, 0) is 9.53 Å². The largest absolute Gasteiger partial charge is 0.464 e. The van der Waals surface area contributed by atoms with E-state index < -0.39 is 0 Å². The fourth-order valence-electron chi connectivity index (χ4n) is 2.90. The fourth-order valence-corrected chi connectivity index (χ4v) is 2.90. The molecule has 0 bridgehead atoms. The Bertz CT molecular complexity index is 745. The number of carbonyl (C=O) groups is 2. The lowest BCUT2D eigenvalue weighted by Gasteiger charge is -2.34. The van der Waals surface area contributed by atoms with Crippen molar-refractivity contribution in [1.82, 2.24) is 10.2 Å². The molecule has 1 heterocycles. The van der Waals surface area contributed by atoms with E-state index in [1.807, 2.05) is 48.5 Å². The first-order chi connectivity index (χ1) is 12.1. The summed E-state index contributed by atoms with van der Waals surface area (Å²) in [5.74, 6) is 1.12. The number of ether oxygens (including phenoxy) is 2. The fraction of sp³-hybridized carbons (Fsp3) is 0.263. The van der Waals surface area contributed by atoms with Crippen molar-refractivity contribution in [3.63, 3.8) is 0 Å². The molecule has 130 valence electrons. The molecule has 0 atom stereocenters. The zero-order chi connectivity index (χ0) is 17.8. The number of nitrogens with one attached hydrogen (secondary N) is 1. The highest BCUT2D eigenvalue weighted by Gasteiger charge is 2.32. The maximum atomic E-state index is 12.5. The summed E-state index contributed by atoms with van der Waals surface area (Å²) in [6.07, 6.45) is 0. The molecule has 0 radical (unpaired) electrons. The Balaban J connectivity index is 1.81. The number of rotatable bonds is 4. The van der Waals surface area contributed by atoms with E-state index in [-0.39, 0.29) is 31.2 Å². The van der Waals surface area contributed by atoms with E-state index in [0.717, 1.165) is 22.6 Å². The molecule has 0 aromatic heterocycles. The molecular weight excluding hydrogens is 320 g/mol. The predicted octanol–water partition coefficient (Wildman–Crippen LogP) is 3.09. The number of para-hydroxylation sites is 2. The van der Waals surface area contributed by atoms with Crippen LogP contribution in [0, 0.1) is 0 Å². The molecule has 2 aromatic rings. The van der Waals surface area contributed by atoms with Gasteiger partial charge in [0.25, 0.3) is 0 Å². The molecule has 0 unspecified atom stereocenters. The van der Waals surface area contributed by atoms with Gasteiger partial charge >= 0.3 is 12.0 Å². The average Bonchev–Trinajstić information content (AvgIpc) is 2.62. The number of hydrogen-bond acceptors (Lipinski definition) is 4. The van der Waals surface area contributed by atoms with Gasteiger partial charge in [-0.05, 0) is 12.1 Å². The number of benzene rings is 2. The maximum absolute atomic E-state index is 12.5. The minimum Gasteiger partial charge on any atom is -0.464 e. The van der Waals surface area contributed by atoms with Crippen molar-refractivity contribution >= 4 is 12.0 Å². The van der Waals surface area contributed by atoms with E-state index >= 15 is 0 Å². The van der Waals surface area contributed by atoms with Crippen LogP contribution in [-0.4, -0.2) is 37.1 Å². The minimum absolute atomic E-state index is 0.149. The van der Waals surface area contributed by atoms with E-state index in [0.29, 0.717) is 0 Å². The minimum atomic E-state index is -0.366. The van der Waals surface area contributed by atoms with Gasteiger partial charge in [0, 0.05) is 25.1 Å². The van der Waals surface area contributed by atoms with E-state index in [1.165, 1.54) is 6.92 Å². The monoisotopic (exact) mass is 340 g/mol. The first-order valence-electron chi connectivity index (χ1n) is 8.07. The van der Waals surface area contributed by atoms with Crippen molar-refractivity contribution in [2.24, 2.45) is 0 Å². The highest BCUT2D eigenvalue weighted by molar-refractivity contribution is 5.76. The lowest BCUT2D eigenvalue weighted by Crippen LogP contribution is -2.42. The quantitative estimate of drug-likeness (QED) is 0.686. The van der Waals surface area contributed by atoms with E-state index in [2.05, 4.69) is 5.32 Å². The van der Waals surface area contributed by atoms with Crippen molar-refractivity contribution in [3.8, 4) is 11.5 Å². The number of amides is 2. The van der Waals surface area contributed by atoms with Crippen LogP contribution in [0.2, 0.25) is 0 Å². The third kappa shape index (κ3) is 3.57. The molecule has 2 amide bonds. The molecule has 0 saturated heterocycles. The van der Waals surface area contributed by atoms with Gasteiger partial charge in [-0.25, -0.2) is 4.79 Å². The summed E-state index contributed by atoms with van der Waals surface area (Å²) in [7, 11) is 1.74. The van der Waals surface area contributed by atoms with Gasteiger partial charge in [-0.2, -0.15) is 0 Å². The second-order valence-electron chi connectivity index (χ2n) is 5.76. The van der Waals surface area contributed by atoms with Gasteiger partial charge in [0.2, 0.25) is 0 Å². The summed E-state index contributed by atoms with van der Waals surface area (Å²) >= 11 is 0. The van der Waals surface area contributed by atoms with Crippen LogP contribution in [0.15, 0.2) is 48.5 Å². The lowest BCUT2D eigenvalue weighted by atomic mass is 9.93. The highest BCUT2D eigenvalue weighted by Crippen LogP contribution is 2.44. The van der Waals surface area contributed by atoms with Gasteiger partial charge in [-0.1, -0.05) is 36.4 Å². The molecule has 3 rings (SSSR count). The average molecular weight is 340 g/mol. The summed E-state index contributed by atoms with van der Waals surface area (Å²) in [6.45, 7) is 1.75. The molecule has 1 aliphatic rings. The molecular formula is C19H20N2O4. The van der Waals surface area contributed by atoms with Crippen molar-refractivity contribution in [2.75, 3.05) is 20.2 Å². The van der Waals surface area contributed by atoms with Crippen LogP contribution in [0.25, 0.3) is 0 Å². The van der Waals surface area contributed by atoms with Crippen molar-refractivity contribution in [1.29, 1.82) is 0 Å². The standard InChI is InChI=1S/C19H20N2O4/c1-13(22)24-12-11-20-19(23)21(2)18-14-7-3-5-9-16(14)25-17-10-6-4-8-15(17)18/h3-10,18H,11-12H2,1-2H3,(H,20,23). The number of carbonyl (C=O) groups excluding carboxylic acids is 2. The van der Waals surface area contributed by atoms with Gasteiger partial charge in [-0.3, -0.25) is 4.79 Å². The molecule has 6 heteroatoms. The summed E-state index contributed by atoms with van der Waals surface area (Å²) in [5, 5.41) is 2.77. The molecule has 0 spiro atoms. The summed E-state index contributed by atoms with van der Waals surface area (Å²) in [6, 6.07) is 14.9. The number of fused-ring (bicyclic) bond motifs is 2. The Labute approximate surface area is 146 Å². The summed E-state index contributed by atoms with van der Waals surface area (Å²) < 4.78 is 10.8. The Morgan fingerprint density at radius 2 is 1.64 bits per heavy atom. The van der Waals surface area contributed by atoms with E-state index in [1.54, 1.807) is 11.9 Å². The Morgan fingerprint density at radius 1 is 1.08 bits per heavy atom. The highest BCUT2D eigenvalue weighted by atomic mass is 16.5. The first kappa shape index (κ1) is 16.8. The van der Waals surface area contributed by atoms with Gasteiger partial charge in [0.15, 0.2) is 0 Å². The Kier molecular flexibility index (Phi) is 4.88. The van der Waals surface area contributed by atoms with Crippen molar-refractivity contribution in [3.05, 3.63) is 59.7 Å². The Morgan fingerprint density at radius 3 is 2.20 bits per heavy atom. The number of nitrogens with zero attached hydrogens (tertiary/aromatic N) is 1. The second-order valence-corrected chi connectivity index (χ2v) is 5.76. The zero-order valence-corrected chi connectivity index (χ0v) is 14.2. The molecule has 6 nitrogen and oxygen atoms in total. The normalized spacial score (nSPS) is 12.4. The van der Waals surface area contributed by atoms with Crippen LogP contribution in [0.5, 0.6) is 11.5 Å². The van der Waals surface area contributed by atoms with Gasteiger partial charge < -0.3 is 19.7 Å². The molecule has 1 aliphatic heterocycles. The Hall–Kier alpha value is -3.02. The van der Waals surface area contributed by atoms with Gasteiger partial charge in [-0.15, -0.1) is 0 Å². The molecule has 0 fully saturated rings. The number of hydrogen-bond donors (Lipinski definition) is 1. The number of esters is 1. The lowest BCUT2D eigenvalue weighted by molar-refractivity contribution is -0.140. The molecule has 1 N–H and O–H groups in total. The van der Waals surface area contributed by atoms with Crippen LogP contribution in [0.3, 0.4) is 0 Å². The number of urea groups is 1. The maximum Gasteiger partial charge on any atom is 0.318 e. The SMILES string of the molecule is CC(=O)OCCNC(=O)N(C)C1c2ccccc2Oc2ccccc21. The molecule has 0 saturated carbocycles. The smallest absolute Gasteiger partial charge is 0.318 e. The van der Waals surface area contributed by atoms with Crippen LogP contribution < -0.4 is 10.1 Å². The van der Waals surface area contributed by atoms with E-state index in [9.17, 15) is 9.59 Å². The van der Waals surface area contributed by atoms with E-state index in [4.69, 9.17) is 9.47 Å². The zero-order valence-electron chi connectivity index (χ0n) is 14.2. The van der Waals surface area contributed by atoms with Gasteiger partial charge in [0.05, 0.1) is 12.6 Å². The first-order valence-corrected chi connectivity index (χ1v) is 8.07. The van der Waals surface area contributed by atoms with Crippen molar-refractivity contribution < 1.29 is 19.1 Å². The molecule has 25 heavy (non-hydrogen) atoms. The molecule has 0 aliphatic carbocycles. The van der Waals surface area contributed by atoms with Gasteiger partial charge in [0.1, 0.15) is 18.1 Å². The third-order valence-electron chi connectivity index (χ3n) is 4.04. The summed E-state index contributed by atoms with van der Waals surface area (Å²) in [4.78, 5) is 25.0.